The number of nitrogens with one attached hydrogen (secondary N) is 1. The highest BCUT2D eigenvalue weighted by molar-refractivity contribution is 6.05. The van der Waals surface area contributed by atoms with Crippen LogP contribution in [0.25, 0.3) is 0 Å². The van der Waals surface area contributed by atoms with Gasteiger partial charge in [0.05, 0.1) is 11.6 Å². The van der Waals surface area contributed by atoms with Crippen LogP contribution in [0, 0.1) is 19.8 Å². The first-order valence-corrected chi connectivity index (χ1v) is 10.2. The molecular weight excluding hydrogens is 396 g/mol. The molecule has 0 spiro atoms. The summed E-state index contributed by atoms with van der Waals surface area (Å²) in [5.74, 6) is -2.12. The molecule has 7 heteroatoms. The second kappa shape index (κ2) is 9.12. The van der Waals surface area contributed by atoms with Crippen molar-refractivity contribution in [1.29, 1.82) is 0 Å². The number of amides is 2. The van der Waals surface area contributed by atoms with Crippen molar-refractivity contribution in [2.24, 2.45) is 5.92 Å². The van der Waals surface area contributed by atoms with Gasteiger partial charge in [-0.25, -0.2) is 0 Å². The standard InChI is InChI=1S/C24H26N2O5/c1-14-8-7-11-21(15(14)2)26-13-18(12-22(26)28)24(30)31-17(4)23(29)25-20-10-6-5-9-19(20)16(3)27/h5-11,17-18H,12-13H2,1-4H3,(H,25,29)/t17-,18-/m1/s1. The number of benzene rings is 2. The number of ketones is 1. The van der Waals surface area contributed by atoms with Gasteiger partial charge in [-0.2, -0.15) is 0 Å². The molecule has 1 N–H and O–H groups in total. The third-order valence-electron chi connectivity index (χ3n) is 5.55. The Labute approximate surface area is 181 Å². The molecule has 2 amide bonds. The van der Waals surface area contributed by atoms with Crippen LogP contribution in [-0.2, 0) is 19.1 Å². The van der Waals surface area contributed by atoms with Crippen molar-refractivity contribution in [2.75, 3.05) is 16.8 Å². The van der Waals surface area contributed by atoms with E-state index in [2.05, 4.69) is 5.32 Å². The molecule has 0 saturated carbocycles. The minimum absolute atomic E-state index is 0.0354. The molecule has 1 fully saturated rings. The second-order valence-corrected chi connectivity index (χ2v) is 7.79. The summed E-state index contributed by atoms with van der Waals surface area (Å²) in [6.45, 7) is 6.99. The predicted octanol–water partition coefficient (Wildman–Crippen LogP) is 3.43. The SMILES string of the molecule is CC(=O)c1ccccc1NC(=O)[C@@H](C)OC(=O)[C@@H]1CC(=O)N(c2cccc(C)c2C)C1. The lowest BCUT2D eigenvalue weighted by molar-refractivity contribution is -0.157. The molecule has 2 atom stereocenters. The fourth-order valence-electron chi connectivity index (χ4n) is 3.58. The second-order valence-electron chi connectivity index (χ2n) is 7.79. The predicted molar refractivity (Wildman–Crippen MR) is 117 cm³/mol. The quantitative estimate of drug-likeness (QED) is 0.569. The van der Waals surface area contributed by atoms with Gasteiger partial charge < -0.3 is 15.0 Å². The van der Waals surface area contributed by atoms with Gasteiger partial charge in [-0.3, -0.25) is 19.2 Å². The highest BCUT2D eigenvalue weighted by atomic mass is 16.5. The Bertz CT molecular complexity index is 1050. The molecule has 0 aliphatic carbocycles. The fourth-order valence-corrected chi connectivity index (χ4v) is 3.58. The van der Waals surface area contributed by atoms with Gasteiger partial charge in [0.1, 0.15) is 0 Å². The molecule has 31 heavy (non-hydrogen) atoms. The van der Waals surface area contributed by atoms with Gasteiger partial charge in [-0.05, 0) is 57.0 Å². The molecule has 2 aromatic rings. The Morgan fingerprint density at radius 2 is 1.81 bits per heavy atom. The van der Waals surface area contributed by atoms with Crippen LogP contribution in [0.15, 0.2) is 42.5 Å². The Balaban J connectivity index is 1.64. The van der Waals surface area contributed by atoms with E-state index in [0.29, 0.717) is 11.3 Å². The van der Waals surface area contributed by atoms with Crippen LogP contribution in [0.2, 0.25) is 0 Å². The van der Waals surface area contributed by atoms with E-state index in [1.807, 2.05) is 32.0 Å². The highest BCUT2D eigenvalue weighted by Gasteiger charge is 2.38. The minimum atomic E-state index is -1.07. The maximum absolute atomic E-state index is 12.6. The van der Waals surface area contributed by atoms with E-state index < -0.39 is 23.9 Å². The van der Waals surface area contributed by atoms with E-state index in [4.69, 9.17) is 4.74 Å². The Morgan fingerprint density at radius 3 is 2.52 bits per heavy atom. The summed E-state index contributed by atoms with van der Waals surface area (Å²) < 4.78 is 5.34. The number of ether oxygens (including phenoxy) is 1. The van der Waals surface area contributed by atoms with E-state index >= 15 is 0 Å². The molecular formula is C24H26N2O5. The van der Waals surface area contributed by atoms with Crippen LogP contribution in [-0.4, -0.2) is 36.2 Å². The summed E-state index contributed by atoms with van der Waals surface area (Å²) >= 11 is 0. The lowest BCUT2D eigenvalue weighted by Crippen LogP contribution is -2.33. The third kappa shape index (κ3) is 4.82. The monoisotopic (exact) mass is 422 g/mol. The number of anilines is 2. The summed E-state index contributed by atoms with van der Waals surface area (Å²) in [5, 5.41) is 2.63. The maximum Gasteiger partial charge on any atom is 0.312 e. The van der Waals surface area contributed by atoms with E-state index in [0.717, 1.165) is 16.8 Å². The smallest absolute Gasteiger partial charge is 0.312 e. The summed E-state index contributed by atoms with van der Waals surface area (Å²) in [4.78, 5) is 51.0. The van der Waals surface area contributed by atoms with Crippen molar-refractivity contribution in [3.05, 3.63) is 59.2 Å². The Hall–Kier alpha value is -3.48. The van der Waals surface area contributed by atoms with Gasteiger partial charge in [-0.1, -0.05) is 24.3 Å². The molecule has 0 aromatic heterocycles. The Morgan fingerprint density at radius 1 is 1.10 bits per heavy atom. The van der Waals surface area contributed by atoms with Crippen LogP contribution in [0.3, 0.4) is 0 Å². The first-order chi connectivity index (χ1) is 14.7. The topological polar surface area (TPSA) is 92.8 Å². The average molecular weight is 422 g/mol. The van der Waals surface area contributed by atoms with Gasteiger partial charge in [0.15, 0.2) is 11.9 Å². The summed E-state index contributed by atoms with van der Waals surface area (Å²) in [7, 11) is 0. The molecule has 162 valence electrons. The van der Waals surface area contributed by atoms with Crippen molar-refractivity contribution in [2.45, 2.75) is 40.2 Å². The van der Waals surface area contributed by atoms with Crippen LogP contribution >= 0.6 is 0 Å². The van der Waals surface area contributed by atoms with E-state index in [9.17, 15) is 19.2 Å². The number of Topliss-reactive ketones (excluding diaryl/α,β-unsaturated/α-hetero) is 1. The van der Waals surface area contributed by atoms with Gasteiger partial charge in [0.2, 0.25) is 5.91 Å². The number of esters is 1. The van der Waals surface area contributed by atoms with Gasteiger partial charge in [-0.15, -0.1) is 0 Å². The summed E-state index contributed by atoms with van der Waals surface area (Å²) in [5.41, 5.74) is 3.57. The number of rotatable bonds is 6. The van der Waals surface area contributed by atoms with E-state index in [1.54, 1.807) is 29.2 Å². The number of carbonyl (C=O) groups excluding carboxylic acids is 4. The van der Waals surface area contributed by atoms with Crippen molar-refractivity contribution >= 4 is 34.9 Å². The lowest BCUT2D eigenvalue weighted by Gasteiger charge is -2.20. The Kier molecular flexibility index (Phi) is 6.53. The largest absolute Gasteiger partial charge is 0.452 e. The molecule has 7 nitrogen and oxygen atoms in total. The minimum Gasteiger partial charge on any atom is -0.452 e. The number of hydrogen-bond donors (Lipinski definition) is 1. The van der Waals surface area contributed by atoms with Crippen LogP contribution in [0.4, 0.5) is 11.4 Å². The number of nitrogens with zero attached hydrogens (tertiary/aromatic N) is 1. The molecule has 1 heterocycles. The fraction of sp³-hybridized carbons (Fsp3) is 0.333. The molecule has 0 unspecified atom stereocenters. The van der Waals surface area contributed by atoms with Crippen LogP contribution in [0.5, 0.6) is 0 Å². The van der Waals surface area contributed by atoms with Gasteiger partial charge in [0.25, 0.3) is 5.91 Å². The maximum atomic E-state index is 12.6. The first-order valence-electron chi connectivity index (χ1n) is 10.2. The molecule has 0 radical (unpaired) electrons. The van der Waals surface area contributed by atoms with Crippen LogP contribution in [0.1, 0.15) is 41.8 Å². The third-order valence-corrected chi connectivity index (χ3v) is 5.55. The van der Waals surface area contributed by atoms with Crippen molar-refractivity contribution in [3.8, 4) is 0 Å². The number of para-hydroxylation sites is 1. The number of aryl methyl sites for hydroxylation is 1. The zero-order valence-corrected chi connectivity index (χ0v) is 18.1. The zero-order valence-electron chi connectivity index (χ0n) is 18.1. The van der Waals surface area contributed by atoms with Crippen molar-refractivity contribution < 1.29 is 23.9 Å². The highest BCUT2D eigenvalue weighted by Crippen LogP contribution is 2.30. The summed E-state index contributed by atoms with van der Waals surface area (Å²) in [6.07, 6.45) is -1.04. The molecule has 1 aliphatic rings. The average Bonchev–Trinajstić information content (AvgIpc) is 3.11. The molecule has 3 rings (SSSR count). The molecule has 2 aromatic carbocycles. The van der Waals surface area contributed by atoms with Crippen molar-refractivity contribution in [1.82, 2.24) is 0 Å². The number of carbonyl (C=O) groups is 4. The zero-order chi connectivity index (χ0) is 22.7. The van der Waals surface area contributed by atoms with E-state index in [1.165, 1.54) is 13.8 Å². The normalized spacial score (nSPS) is 16.7. The van der Waals surface area contributed by atoms with Crippen LogP contribution < -0.4 is 10.2 Å². The first kappa shape index (κ1) is 22.2. The summed E-state index contributed by atoms with van der Waals surface area (Å²) in [6, 6.07) is 12.3. The molecule has 1 aliphatic heterocycles. The molecule has 1 saturated heterocycles. The van der Waals surface area contributed by atoms with Crippen molar-refractivity contribution in [3.63, 3.8) is 0 Å². The van der Waals surface area contributed by atoms with Gasteiger partial charge >= 0.3 is 5.97 Å². The lowest BCUT2D eigenvalue weighted by atomic mass is 10.1. The molecule has 0 bridgehead atoms. The number of hydrogen-bond acceptors (Lipinski definition) is 5. The van der Waals surface area contributed by atoms with E-state index in [-0.39, 0.29) is 24.7 Å². The van der Waals surface area contributed by atoms with Gasteiger partial charge in [0, 0.05) is 24.2 Å².